The van der Waals surface area contributed by atoms with E-state index in [1.165, 1.54) is 25.0 Å². The van der Waals surface area contributed by atoms with E-state index < -0.39 is 17.0 Å². The molecule has 2 aromatic rings. The Morgan fingerprint density at radius 2 is 2.04 bits per heavy atom. The molecule has 1 aromatic heterocycles. The number of ether oxygens (including phenoxy) is 1. The van der Waals surface area contributed by atoms with Crippen LogP contribution < -0.4 is 15.4 Å². The fourth-order valence-electron chi connectivity index (χ4n) is 3.72. The summed E-state index contributed by atoms with van der Waals surface area (Å²) in [6.45, 7) is 1.86. The summed E-state index contributed by atoms with van der Waals surface area (Å²) in [6.07, 6.45) is 2.95. The van der Waals surface area contributed by atoms with Crippen LogP contribution in [0.2, 0.25) is 0 Å². The van der Waals surface area contributed by atoms with Crippen LogP contribution in [0.15, 0.2) is 18.3 Å². The molecule has 1 aliphatic carbocycles. The molecule has 0 radical (unpaired) electrons. The molecule has 1 spiro atoms. The lowest BCUT2D eigenvalue weighted by atomic mass is 9.86. The minimum absolute atomic E-state index is 0.0637. The predicted molar refractivity (Wildman–Crippen MR) is 91.9 cm³/mol. The van der Waals surface area contributed by atoms with Gasteiger partial charge in [0.15, 0.2) is 17.4 Å². The Bertz CT molecular complexity index is 925. The summed E-state index contributed by atoms with van der Waals surface area (Å²) >= 11 is 0. The fourth-order valence-corrected chi connectivity index (χ4v) is 3.72. The molecular weight excluding hydrogens is 340 g/mol. The Hall–Kier alpha value is -2.54. The maximum Gasteiger partial charge on any atom is 0.238 e. The Balaban J connectivity index is 1.88. The molecule has 136 valence electrons. The number of halogens is 2. The molecule has 4 rings (SSSR count). The van der Waals surface area contributed by atoms with Gasteiger partial charge in [0.1, 0.15) is 5.69 Å². The van der Waals surface area contributed by atoms with E-state index in [1.54, 1.807) is 6.20 Å². The van der Waals surface area contributed by atoms with Gasteiger partial charge in [-0.15, -0.1) is 0 Å². The van der Waals surface area contributed by atoms with Crippen LogP contribution in [-0.2, 0) is 23.3 Å². The van der Waals surface area contributed by atoms with E-state index in [9.17, 15) is 13.6 Å². The quantitative estimate of drug-likeness (QED) is 0.915. The number of aryl methyl sites for hydroxylation is 1. The number of carbonyl (C=O) groups excluding carboxylic acids is 1. The van der Waals surface area contributed by atoms with Crippen molar-refractivity contribution >= 4 is 11.6 Å². The van der Waals surface area contributed by atoms with Crippen molar-refractivity contribution in [3.63, 3.8) is 0 Å². The van der Waals surface area contributed by atoms with E-state index in [4.69, 9.17) is 10.5 Å². The number of amides is 1. The van der Waals surface area contributed by atoms with Crippen molar-refractivity contribution in [2.45, 2.75) is 38.3 Å². The predicted octanol–water partition coefficient (Wildman–Crippen LogP) is 2.71. The number of methoxy groups -OCH3 is 1. The second kappa shape index (κ2) is 5.74. The fraction of sp³-hybridized carbons (Fsp3) is 0.368. The molecule has 5 nitrogen and oxygen atoms in total. The largest absolute Gasteiger partial charge is 0.494 e. The smallest absolute Gasteiger partial charge is 0.238 e. The lowest BCUT2D eigenvalue weighted by Crippen LogP contribution is -2.45. The highest BCUT2D eigenvalue weighted by Gasteiger charge is 2.57. The summed E-state index contributed by atoms with van der Waals surface area (Å²) in [5.41, 5.74) is 7.18. The average molecular weight is 359 g/mol. The Morgan fingerprint density at radius 1 is 1.31 bits per heavy atom. The molecule has 0 saturated heterocycles. The third-order valence-electron chi connectivity index (χ3n) is 5.32. The van der Waals surface area contributed by atoms with Gasteiger partial charge in [-0.1, -0.05) is 0 Å². The van der Waals surface area contributed by atoms with E-state index in [2.05, 4.69) is 4.98 Å². The molecule has 0 unspecified atom stereocenters. The zero-order valence-corrected chi connectivity index (χ0v) is 14.6. The van der Waals surface area contributed by atoms with Crippen LogP contribution in [0.4, 0.5) is 14.5 Å². The van der Waals surface area contributed by atoms with Gasteiger partial charge in [0, 0.05) is 12.7 Å². The summed E-state index contributed by atoms with van der Waals surface area (Å²) in [5.74, 6) is -1.99. The van der Waals surface area contributed by atoms with Gasteiger partial charge in [-0.05, 0) is 48.6 Å². The number of benzene rings is 1. The van der Waals surface area contributed by atoms with Crippen LogP contribution in [0.5, 0.6) is 5.75 Å². The zero-order valence-electron chi connectivity index (χ0n) is 14.6. The standard InChI is InChI=1S/C19H19F2N3O2/c1-10-5-14(26-2)16(21)17(15(10)20)24-9-11-8-23-12(7-22)6-13(11)19(3-4-19)18(24)25/h5-6,8H,3-4,7,9,22H2,1-2H3. The molecular formula is C19H19F2N3O2. The summed E-state index contributed by atoms with van der Waals surface area (Å²) in [5, 5.41) is 0. The van der Waals surface area contributed by atoms with Gasteiger partial charge in [-0.2, -0.15) is 0 Å². The lowest BCUT2D eigenvalue weighted by Gasteiger charge is -2.35. The number of pyridine rings is 1. The molecule has 1 aliphatic heterocycles. The van der Waals surface area contributed by atoms with E-state index in [0.29, 0.717) is 18.5 Å². The summed E-state index contributed by atoms with van der Waals surface area (Å²) in [4.78, 5) is 18.7. The molecule has 1 amide bonds. The number of aromatic nitrogens is 1. The second-order valence-electron chi connectivity index (χ2n) is 6.88. The first kappa shape index (κ1) is 16.9. The Morgan fingerprint density at radius 3 is 2.65 bits per heavy atom. The third kappa shape index (κ3) is 2.23. The number of hydrogen-bond donors (Lipinski definition) is 1. The molecule has 0 atom stereocenters. The van der Waals surface area contributed by atoms with E-state index in [1.807, 2.05) is 6.07 Å². The molecule has 1 saturated carbocycles. The van der Waals surface area contributed by atoms with Gasteiger partial charge >= 0.3 is 0 Å². The molecule has 7 heteroatoms. The first-order chi connectivity index (χ1) is 12.4. The van der Waals surface area contributed by atoms with Crippen LogP contribution in [-0.4, -0.2) is 18.0 Å². The molecule has 26 heavy (non-hydrogen) atoms. The van der Waals surface area contributed by atoms with Crippen molar-refractivity contribution in [2.75, 3.05) is 12.0 Å². The number of rotatable bonds is 3. The van der Waals surface area contributed by atoms with Gasteiger partial charge in [-0.3, -0.25) is 9.78 Å². The van der Waals surface area contributed by atoms with Crippen LogP contribution in [0.25, 0.3) is 0 Å². The minimum Gasteiger partial charge on any atom is -0.494 e. The minimum atomic E-state index is -0.866. The SMILES string of the molecule is COc1cc(C)c(F)c(N2Cc3cnc(CN)cc3C3(CC3)C2=O)c1F. The molecule has 2 heterocycles. The molecule has 2 aliphatic rings. The monoisotopic (exact) mass is 359 g/mol. The maximum absolute atomic E-state index is 14.8. The van der Waals surface area contributed by atoms with E-state index in [0.717, 1.165) is 11.1 Å². The first-order valence-corrected chi connectivity index (χ1v) is 8.46. The Labute approximate surface area is 149 Å². The molecule has 2 N–H and O–H groups in total. The van der Waals surface area contributed by atoms with Gasteiger partial charge in [-0.25, -0.2) is 8.78 Å². The van der Waals surface area contributed by atoms with E-state index in [-0.39, 0.29) is 36.0 Å². The van der Waals surface area contributed by atoms with Gasteiger partial charge < -0.3 is 15.4 Å². The highest BCUT2D eigenvalue weighted by atomic mass is 19.1. The third-order valence-corrected chi connectivity index (χ3v) is 5.32. The molecule has 1 aromatic carbocycles. The van der Waals surface area contributed by atoms with Crippen LogP contribution in [0, 0.1) is 18.6 Å². The zero-order chi connectivity index (χ0) is 18.6. The lowest BCUT2D eigenvalue weighted by molar-refractivity contribution is -0.121. The van der Waals surface area contributed by atoms with Crippen molar-refractivity contribution in [2.24, 2.45) is 5.73 Å². The first-order valence-electron chi connectivity index (χ1n) is 8.46. The number of nitrogens with zero attached hydrogens (tertiary/aromatic N) is 2. The second-order valence-corrected chi connectivity index (χ2v) is 6.88. The van der Waals surface area contributed by atoms with Crippen molar-refractivity contribution in [3.8, 4) is 5.75 Å². The van der Waals surface area contributed by atoms with Crippen LogP contribution in [0.3, 0.4) is 0 Å². The highest BCUT2D eigenvalue weighted by Crippen LogP contribution is 2.54. The molecule has 0 bridgehead atoms. The van der Waals surface area contributed by atoms with Gasteiger partial charge in [0.25, 0.3) is 0 Å². The summed E-state index contributed by atoms with van der Waals surface area (Å²) in [6, 6.07) is 3.14. The maximum atomic E-state index is 14.8. The number of nitrogens with two attached hydrogens (primary N) is 1. The summed E-state index contributed by atoms with van der Waals surface area (Å²) in [7, 11) is 1.31. The van der Waals surface area contributed by atoms with Gasteiger partial charge in [0.05, 0.1) is 24.8 Å². The van der Waals surface area contributed by atoms with Crippen molar-refractivity contribution in [3.05, 3.63) is 52.3 Å². The highest BCUT2D eigenvalue weighted by molar-refractivity contribution is 6.05. The van der Waals surface area contributed by atoms with Crippen molar-refractivity contribution in [1.29, 1.82) is 0 Å². The van der Waals surface area contributed by atoms with Crippen molar-refractivity contribution in [1.82, 2.24) is 4.98 Å². The molecule has 1 fully saturated rings. The number of hydrogen-bond acceptors (Lipinski definition) is 4. The summed E-state index contributed by atoms with van der Waals surface area (Å²) < 4.78 is 34.6. The normalized spacial score (nSPS) is 17.4. The van der Waals surface area contributed by atoms with Crippen LogP contribution >= 0.6 is 0 Å². The topological polar surface area (TPSA) is 68.4 Å². The van der Waals surface area contributed by atoms with Gasteiger partial charge in [0.2, 0.25) is 5.91 Å². The van der Waals surface area contributed by atoms with Crippen molar-refractivity contribution < 1.29 is 18.3 Å². The van der Waals surface area contributed by atoms with E-state index >= 15 is 0 Å². The Kier molecular flexibility index (Phi) is 3.73. The number of carbonyl (C=O) groups is 1. The number of fused-ring (bicyclic) bond motifs is 2. The average Bonchev–Trinajstić information content (AvgIpc) is 3.44. The number of anilines is 1. The van der Waals surface area contributed by atoms with Crippen LogP contribution in [0.1, 0.15) is 35.2 Å².